The average Bonchev–Trinajstić information content (AvgIpc) is 2.70. The third kappa shape index (κ3) is 4.63. The van der Waals surface area contributed by atoms with E-state index in [1.54, 1.807) is 31.4 Å². The summed E-state index contributed by atoms with van der Waals surface area (Å²) in [5.41, 5.74) is 1.37. The maximum absolute atomic E-state index is 12.5. The first-order valence-electron chi connectivity index (χ1n) is 8.74. The van der Waals surface area contributed by atoms with Crippen molar-refractivity contribution >= 4 is 27.8 Å². The average molecular weight is 433 g/mol. The van der Waals surface area contributed by atoms with Gasteiger partial charge in [0.2, 0.25) is 0 Å². The maximum Gasteiger partial charge on any atom is 0.185 e. The van der Waals surface area contributed by atoms with Crippen molar-refractivity contribution in [3.05, 3.63) is 52.0 Å². The number of benzene rings is 2. The lowest BCUT2D eigenvalue weighted by Crippen LogP contribution is -2.15. The summed E-state index contributed by atoms with van der Waals surface area (Å²) in [5.74, 6) is 2.42. The van der Waals surface area contributed by atoms with Crippen molar-refractivity contribution in [2.24, 2.45) is 0 Å². The van der Waals surface area contributed by atoms with Crippen molar-refractivity contribution < 1.29 is 23.7 Å². The van der Waals surface area contributed by atoms with Crippen molar-refractivity contribution in [1.29, 1.82) is 0 Å². The SMILES string of the molecule is CCCOc1c(Br)cc(C=CC(=O)c2ccc3c(c2)OCCO3)cc1OC. The Hall–Kier alpha value is -2.47. The van der Waals surface area contributed by atoms with E-state index in [2.05, 4.69) is 15.9 Å². The van der Waals surface area contributed by atoms with Crippen LogP contribution in [0.2, 0.25) is 0 Å². The van der Waals surface area contributed by atoms with Crippen molar-refractivity contribution in [3.63, 3.8) is 0 Å². The van der Waals surface area contributed by atoms with Crippen molar-refractivity contribution in [2.75, 3.05) is 26.9 Å². The van der Waals surface area contributed by atoms with Crippen LogP contribution in [-0.4, -0.2) is 32.7 Å². The molecule has 142 valence electrons. The number of methoxy groups -OCH3 is 1. The van der Waals surface area contributed by atoms with Gasteiger partial charge in [-0.25, -0.2) is 0 Å². The minimum absolute atomic E-state index is 0.117. The van der Waals surface area contributed by atoms with Gasteiger partial charge in [-0.3, -0.25) is 4.79 Å². The smallest absolute Gasteiger partial charge is 0.185 e. The minimum atomic E-state index is -0.117. The van der Waals surface area contributed by atoms with Crippen LogP contribution in [0.25, 0.3) is 6.08 Å². The molecule has 1 aliphatic heterocycles. The third-order valence-electron chi connectivity index (χ3n) is 3.96. The van der Waals surface area contributed by atoms with E-state index in [9.17, 15) is 4.79 Å². The van der Waals surface area contributed by atoms with Gasteiger partial charge in [-0.05, 0) is 64.3 Å². The van der Waals surface area contributed by atoms with Crippen molar-refractivity contribution in [3.8, 4) is 23.0 Å². The van der Waals surface area contributed by atoms with Crippen LogP contribution in [0.3, 0.4) is 0 Å². The number of rotatable bonds is 7. The molecule has 6 heteroatoms. The van der Waals surface area contributed by atoms with Crippen LogP contribution in [0, 0.1) is 0 Å². The number of allylic oxidation sites excluding steroid dienone is 1. The number of fused-ring (bicyclic) bond motifs is 1. The number of halogens is 1. The molecule has 0 aliphatic carbocycles. The Balaban J connectivity index is 1.79. The molecule has 5 nitrogen and oxygen atoms in total. The summed E-state index contributed by atoms with van der Waals surface area (Å²) in [5, 5.41) is 0. The van der Waals surface area contributed by atoms with Crippen molar-refractivity contribution in [1.82, 2.24) is 0 Å². The second kappa shape index (κ2) is 8.95. The number of ketones is 1. The monoisotopic (exact) mass is 432 g/mol. The summed E-state index contributed by atoms with van der Waals surface area (Å²) in [7, 11) is 1.59. The van der Waals surface area contributed by atoms with Crippen molar-refractivity contribution in [2.45, 2.75) is 13.3 Å². The number of carbonyl (C=O) groups is 1. The zero-order valence-corrected chi connectivity index (χ0v) is 16.9. The van der Waals surface area contributed by atoms with Crippen LogP contribution in [0.15, 0.2) is 40.9 Å². The largest absolute Gasteiger partial charge is 0.493 e. The molecule has 0 saturated carbocycles. The second-order valence-electron chi connectivity index (χ2n) is 5.94. The molecule has 0 spiro atoms. The van der Waals surface area contributed by atoms with E-state index < -0.39 is 0 Å². The standard InChI is InChI=1S/C21H21BrO5/c1-3-8-27-21-16(22)11-14(12-20(21)24-2)4-6-17(23)15-5-7-18-19(13-15)26-10-9-25-18/h4-7,11-13H,3,8-10H2,1-2H3. The van der Waals surface area contributed by atoms with Gasteiger partial charge >= 0.3 is 0 Å². The zero-order valence-electron chi connectivity index (χ0n) is 15.3. The van der Waals surface area contributed by atoms with E-state index in [-0.39, 0.29) is 5.78 Å². The van der Waals surface area contributed by atoms with Gasteiger partial charge in [0.25, 0.3) is 0 Å². The molecular weight excluding hydrogens is 412 g/mol. The van der Waals surface area contributed by atoms with E-state index in [0.717, 1.165) is 16.5 Å². The molecule has 0 radical (unpaired) electrons. The number of hydrogen-bond acceptors (Lipinski definition) is 5. The lowest BCUT2D eigenvalue weighted by molar-refractivity contribution is 0.104. The third-order valence-corrected chi connectivity index (χ3v) is 4.55. The summed E-state index contributed by atoms with van der Waals surface area (Å²) >= 11 is 3.51. The molecule has 1 heterocycles. The highest BCUT2D eigenvalue weighted by Gasteiger charge is 2.14. The predicted octanol–water partition coefficient (Wildman–Crippen LogP) is 4.91. The molecule has 27 heavy (non-hydrogen) atoms. The van der Waals surface area contributed by atoms with E-state index in [0.29, 0.717) is 48.4 Å². The Morgan fingerprint density at radius 3 is 2.70 bits per heavy atom. The van der Waals surface area contributed by atoms with Crippen LogP contribution in [0.5, 0.6) is 23.0 Å². The molecule has 0 bridgehead atoms. The molecule has 0 N–H and O–H groups in total. The molecular formula is C21H21BrO5. The first kappa shape index (κ1) is 19.3. The minimum Gasteiger partial charge on any atom is -0.493 e. The van der Waals surface area contributed by atoms with E-state index in [1.807, 2.05) is 19.1 Å². The molecule has 0 unspecified atom stereocenters. The van der Waals surface area contributed by atoms with Crippen LogP contribution < -0.4 is 18.9 Å². The van der Waals surface area contributed by atoms with Gasteiger partial charge in [0.05, 0.1) is 18.2 Å². The quantitative estimate of drug-likeness (QED) is 0.459. The highest BCUT2D eigenvalue weighted by Crippen LogP contribution is 2.37. The molecule has 2 aromatic carbocycles. The Morgan fingerprint density at radius 2 is 1.96 bits per heavy atom. The number of hydrogen-bond donors (Lipinski definition) is 0. The summed E-state index contributed by atoms with van der Waals surface area (Å²) < 4.78 is 22.9. The first-order chi connectivity index (χ1) is 13.1. The predicted molar refractivity (Wildman–Crippen MR) is 107 cm³/mol. The Labute approximate surface area is 167 Å². The summed E-state index contributed by atoms with van der Waals surface area (Å²) in [6, 6.07) is 8.93. The lowest BCUT2D eigenvalue weighted by Gasteiger charge is -2.18. The molecule has 1 aliphatic rings. The van der Waals surface area contributed by atoms with Gasteiger partial charge in [0.1, 0.15) is 13.2 Å². The molecule has 0 saturated heterocycles. The van der Waals surface area contributed by atoms with Crippen LogP contribution in [0.4, 0.5) is 0 Å². The van der Waals surface area contributed by atoms with Gasteiger partial charge in [-0.2, -0.15) is 0 Å². The highest BCUT2D eigenvalue weighted by molar-refractivity contribution is 9.10. The number of carbonyl (C=O) groups excluding carboxylic acids is 1. The van der Waals surface area contributed by atoms with Gasteiger partial charge in [0.15, 0.2) is 28.8 Å². The van der Waals surface area contributed by atoms with Crippen LogP contribution in [-0.2, 0) is 0 Å². The van der Waals surface area contributed by atoms with E-state index in [4.69, 9.17) is 18.9 Å². The van der Waals surface area contributed by atoms with Crippen LogP contribution in [0.1, 0.15) is 29.3 Å². The molecule has 0 amide bonds. The fraction of sp³-hybridized carbons (Fsp3) is 0.286. The van der Waals surface area contributed by atoms with E-state index in [1.165, 1.54) is 6.08 Å². The molecule has 2 aromatic rings. The first-order valence-corrected chi connectivity index (χ1v) is 9.54. The summed E-state index contributed by atoms with van der Waals surface area (Å²) in [6.07, 6.45) is 4.18. The van der Waals surface area contributed by atoms with Gasteiger partial charge in [-0.15, -0.1) is 0 Å². The summed E-state index contributed by atoms with van der Waals surface area (Å²) in [4.78, 5) is 12.5. The second-order valence-corrected chi connectivity index (χ2v) is 6.79. The highest BCUT2D eigenvalue weighted by atomic mass is 79.9. The van der Waals surface area contributed by atoms with Gasteiger partial charge < -0.3 is 18.9 Å². The Morgan fingerprint density at radius 1 is 1.19 bits per heavy atom. The lowest BCUT2D eigenvalue weighted by atomic mass is 10.1. The van der Waals surface area contributed by atoms with E-state index >= 15 is 0 Å². The topological polar surface area (TPSA) is 54.0 Å². The normalized spacial score (nSPS) is 12.9. The van der Waals surface area contributed by atoms with Gasteiger partial charge in [-0.1, -0.05) is 13.0 Å². The molecule has 3 rings (SSSR count). The zero-order chi connectivity index (χ0) is 19.2. The Kier molecular flexibility index (Phi) is 6.40. The Bertz CT molecular complexity index is 860. The molecule has 0 aromatic heterocycles. The number of ether oxygens (including phenoxy) is 4. The maximum atomic E-state index is 12.5. The fourth-order valence-electron chi connectivity index (χ4n) is 2.64. The molecule has 0 fully saturated rings. The summed E-state index contributed by atoms with van der Waals surface area (Å²) in [6.45, 7) is 3.66. The van der Waals surface area contributed by atoms with Crippen LogP contribution >= 0.6 is 15.9 Å². The molecule has 0 atom stereocenters. The fourth-order valence-corrected chi connectivity index (χ4v) is 3.22. The van der Waals surface area contributed by atoms with Gasteiger partial charge in [0, 0.05) is 5.56 Å².